The van der Waals surface area contributed by atoms with Gasteiger partial charge in [0.15, 0.2) is 0 Å². The predicted octanol–water partition coefficient (Wildman–Crippen LogP) is 3.63. The summed E-state index contributed by atoms with van der Waals surface area (Å²) < 4.78 is 27.3. The normalized spacial score (nSPS) is 15.6. The summed E-state index contributed by atoms with van der Waals surface area (Å²) in [6.07, 6.45) is 1.85. The van der Waals surface area contributed by atoms with Crippen LogP contribution in [0, 0.1) is 5.82 Å². The van der Waals surface area contributed by atoms with Gasteiger partial charge in [0, 0.05) is 30.4 Å². The van der Waals surface area contributed by atoms with Crippen LogP contribution in [0.15, 0.2) is 42.7 Å². The van der Waals surface area contributed by atoms with Gasteiger partial charge in [-0.05, 0) is 51.1 Å². The van der Waals surface area contributed by atoms with E-state index >= 15 is 4.39 Å². The molecular weight excluding hydrogens is 469 g/mol. The molecule has 0 bridgehead atoms. The molecule has 3 aromatic rings. The van der Waals surface area contributed by atoms with Crippen LogP contribution in [0.5, 0.6) is 0 Å². The lowest BCUT2D eigenvalue weighted by Crippen LogP contribution is -2.33. The van der Waals surface area contributed by atoms with Gasteiger partial charge in [-0.2, -0.15) is 0 Å². The summed E-state index contributed by atoms with van der Waals surface area (Å²) in [6.45, 7) is 7.32. The van der Waals surface area contributed by atoms with Crippen LogP contribution in [-0.4, -0.2) is 52.3 Å². The number of benzene rings is 1. The third kappa shape index (κ3) is 5.91. The summed E-state index contributed by atoms with van der Waals surface area (Å²) in [5.74, 6) is -0.724. The molecule has 2 N–H and O–H groups in total. The number of carbonyl (C=O) groups is 3. The molecule has 1 fully saturated rings. The number of alkyl carbamates (subject to hydrolysis) is 1. The SMILES string of the molecule is CC(=O)NC[C@H]1CN(c2ccc(-c3ccc4nc(CNC(=O)OC(C)(C)C)cn4c3)c(F)c2)C(=O)O1. The Morgan fingerprint density at radius 3 is 2.67 bits per heavy atom. The fourth-order valence-electron chi connectivity index (χ4n) is 3.77. The summed E-state index contributed by atoms with van der Waals surface area (Å²) in [5.41, 5.74) is 2.00. The van der Waals surface area contributed by atoms with Crippen LogP contribution in [-0.2, 0) is 20.8 Å². The lowest BCUT2D eigenvalue weighted by atomic mass is 10.1. The number of fused-ring (bicyclic) bond motifs is 1. The number of rotatable bonds is 6. The second-order valence-corrected chi connectivity index (χ2v) is 9.49. The minimum atomic E-state index is -0.596. The predicted molar refractivity (Wildman–Crippen MR) is 130 cm³/mol. The maximum atomic E-state index is 15.1. The number of aromatic nitrogens is 2. The number of pyridine rings is 1. The van der Waals surface area contributed by atoms with Crippen molar-refractivity contribution in [2.24, 2.45) is 0 Å². The minimum Gasteiger partial charge on any atom is -0.444 e. The molecule has 3 amide bonds. The zero-order valence-corrected chi connectivity index (χ0v) is 20.5. The van der Waals surface area contributed by atoms with E-state index in [-0.39, 0.29) is 25.5 Å². The van der Waals surface area contributed by atoms with Crippen molar-refractivity contribution in [2.45, 2.75) is 45.9 Å². The van der Waals surface area contributed by atoms with Crippen LogP contribution in [0.2, 0.25) is 0 Å². The Kier molecular flexibility index (Phi) is 6.82. The molecule has 11 heteroatoms. The number of hydrogen-bond donors (Lipinski definition) is 2. The molecule has 3 heterocycles. The molecule has 4 rings (SSSR count). The number of cyclic esters (lactones) is 1. The number of hydrogen-bond acceptors (Lipinski definition) is 6. The maximum Gasteiger partial charge on any atom is 0.414 e. The summed E-state index contributed by atoms with van der Waals surface area (Å²) in [6, 6.07) is 8.03. The molecule has 1 aromatic carbocycles. The molecule has 0 unspecified atom stereocenters. The van der Waals surface area contributed by atoms with Gasteiger partial charge in [-0.15, -0.1) is 0 Å². The van der Waals surface area contributed by atoms with Gasteiger partial charge in [0.1, 0.15) is 23.2 Å². The topological polar surface area (TPSA) is 114 Å². The van der Waals surface area contributed by atoms with Crippen molar-refractivity contribution in [3.8, 4) is 11.1 Å². The largest absolute Gasteiger partial charge is 0.444 e. The number of nitrogens with zero attached hydrogens (tertiary/aromatic N) is 3. The first-order valence-corrected chi connectivity index (χ1v) is 11.5. The molecule has 1 atom stereocenters. The fourth-order valence-corrected chi connectivity index (χ4v) is 3.77. The van der Waals surface area contributed by atoms with E-state index in [9.17, 15) is 14.4 Å². The van der Waals surface area contributed by atoms with Gasteiger partial charge in [0.05, 0.1) is 31.0 Å². The van der Waals surface area contributed by atoms with Crippen LogP contribution in [0.3, 0.4) is 0 Å². The van der Waals surface area contributed by atoms with Crippen LogP contribution in [0.4, 0.5) is 19.7 Å². The number of amides is 3. The molecule has 10 nitrogen and oxygen atoms in total. The summed E-state index contributed by atoms with van der Waals surface area (Å²) >= 11 is 0. The molecule has 0 saturated carbocycles. The Morgan fingerprint density at radius 1 is 1.19 bits per heavy atom. The zero-order chi connectivity index (χ0) is 26.0. The van der Waals surface area contributed by atoms with Gasteiger partial charge < -0.3 is 24.5 Å². The van der Waals surface area contributed by atoms with Gasteiger partial charge in [-0.1, -0.05) is 0 Å². The molecule has 1 aliphatic heterocycles. The monoisotopic (exact) mass is 497 g/mol. The molecule has 0 aliphatic carbocycles. The van der Waals surface area contributed by atoms with Crippen LogP contribution >= 0.6 is 0 Å². The average molecular weight is 498 g/mol. The number of halogens is 1. The zero-order valence-electron chi connectivity index (χ0n) is 20.5. The first-order valence-electron chi connectivity index (χ1n) is 11.5. The van der Waals surface area contributed by atoms with Crippen molar-refractivity contribution in [2.75, 3.05) is 18.0 Å². The highest BCUT2D eigenvalue weighted by atomic mass is 19.1. The van der Waals surface area contributed by atoms with E-state index in [0.717, 1.165) is 0 Å². The third-order valence-electron chi connectivity index (χ3n) is 5.34. The molecule has 0 radical (unpaired) electrons. The Morgan fingerprint density at radius 2 is 1.97 bits per heavy atom. The van der Waals surface area contributed by atoms with Crippen molar-refractivity contribution >= 4 is 29.4 Å². The van der Waals surface area contributed by atoms with Gasteiger partial charge in [-0.3, -0.25) is 9.69 Å². The van der Waals surface area contributed by atoms with Crippen molar-refractivity contribution in [3.05, 3.63) is 54.2 Å². The Balaban J connectivity index is 1.46. The molecule has 1 aliphatic rings. The Hall–Kier alpha value is -4.15. The molecular formula is C25H28FN5O5. The summed E-state index contributed by atoms with van der Waals surface area (Å²) in [5, 5.41) is 5.27. The van der Waals surface area contributed by atoms with E-state index in [0.29, 0.717) is 28.2 Å². The van der Waals surface area contributed by atoms with Crippen molar-refractivity contribution in [3.63, 3.8) is 0 Å². The van der Waals surface area contributed by atoms with Crippen molar-refractivity contribution in [1.29, 1.82) is 0 Å². The summed E-state index contributed by atoms with van der Waals surface area (Å²) in [4.78, 5) is 41.0. The number of carbonyl (C=O) groups excluding carboxylic acids is 3. The number of ether oxygens (including phenoxy) is 2. The second-order valence-electron chi connectivity index (χ2n) is 9.49. The first-order chi connectivity index (χ1) is 17.0. The smallest absolute Gasteiger partial charge is 0.414 e. The maximum absolute atomic E-state index is 15.1. The lowest BCUT2D eigenvalue weighted by Gasteiger charge is -2.19. The second kappa shape index (κ2) is 9.84. The minimum absolute atomic E-state index is 0.184. The molecule has 2 aromatic heterocycles. The van der Waals surface area contributed by atoms with E-state index in [2.05, 4.69) is 15.6 Å². The Labute approximate surface area is 207 Å². The number of anilines is 1. The van der Waals surface area contributed by atoms with E-state index in [4.69, 9.17) is 9.47 Å². The molecule has 190 valence electrons. The highest BCUT2D eigenvalue weighted by molar-refractivity contribution is 5.90. The van der Waals surface area contributed by atoms with Gasteiger partial charge in [-0.25, -0.2) is 19.0 Å². The molecule has 1 saturated heterocycles. The number of nitrogens with one attached hydrogen (secondary N) is 2. The molecule has 36 heavy (non-hydrogen) atoms. The Bertz CT molecular complexity index is 1320. The quantitative estimate of drug-likeness (QED) is 0.538. The molecule has 0 spiro atoms. The highest BCUT2D eigenvalue weighted by Gasteiger charge is 2.32. The van der Waals surface area contributed by atoms with Crippen LogP contribution in [0.25, 0.3) is 16.8 Å². The lowest BCUT2D eigenvalue weighted by molar-refractivity contribution is -0.119. The van der Waals surface area contributed by atoms with Crippen LogP contribution < -0.4 is 15.5 Å². The van der Waals surface area contributed by atoms with Gasteiger partial charge in [0.25, 0.3) is 0 Å². The van der Waals surface area contributed by atoms with E-state index in [1.54, 1.807) is 61.8 Å². The van der Waals surface area contributed by atoms with E-state index in [1.807, 2.05) is 0 Å². The fraction of sp³-hybridized carbons (Fsp3) is 0.360. The van der Waals surface area contributed by atoms with Crippen molar-refractivity contribution in [1.82, 2.24) is 20.0 Å². The number of imidazole rings is 1. The van der Waals surface area contributed by atoms with E-state index < -0.39 is 29.7 Å². The van der Waals surface area contributed by atoms with Crippen LogP contribution in [0.1, 0.15) is 33.4 Å². The highest BCUT2D eigenvalue weighted by Crippen LogP contribution is 2.29. The van der Waals surface area contributed by atoms with E-state index in [1.165, 1.54) is 17.9 Å². The third-order valence-corrected chi connectivity index (χ3v) is 5.34. The summed E-state index contributed by atoms with van der Waals surface area (Å²) in [7, 11) is 0. The van der Waals surface area contributed by atoms with Crippen molar-refractivity contribution < 1.29 is 28.2 Å². The van der Waals surface area contributed by atoms with Gasteiger partial charge >= 0.3 is 12.2 Å². The standard InChI is InChI=1S/C25H28FN5O5/c1-15(32)27-11-19-14-31(24(34)35-19)18-6-7-20(21(26)9-18)16-5-8-22-29-17(13-30(22)12-16)10-28-23(33)36-25(2,3)4/h5-9,12-13,19H,10-11,14H2,1-4H3,(H,27,32)(H,28,33)/t19-/m0/s1. The first kappa shape index (κ1) is 25.0. The van der Waals surface area contributed by atoms with Gasteiger partial charge in [0.2, 0.25) is 5.91 Å². The average Bonchev–Trinajstić information content (AvgIpc) is 3.37.